The van der Waals surface area contributed by atoms with Crippen LogP contribution in [0.15, 0.2) is 116 Å². The number of carbonyl (C=O) groups is 2. The van der Waals surface area contributed by atoms with E-state index >= 15 is 0 Å². The lowest BCUT2D eigenvalue weighted by Crippen LogP contribution is -2.25. The van der Waals surface area contributed by atoms with E-state index in [9.17, 15) is 9.59 Å². The zero-order valence-electron chi connectivity index (χ0n) is 23.7. The molecule has 7 nitrogen and oxygen atoms in total. The first-order valence-electron chi connectivity index (χ1n) is 13.6. The van der Waals surface area contributed by atoms with Gasteiger partial charge in [0, 0.05) is 18.0 Å². The maximum atomic E-state index is 14.0. The van der Waals surface area contributed by atoms with Gasteiger partial charge in [0.1, 0.15) is 24.3 Å². The molecular weight excluding hydrogens is 526 g/mol. The zero-order chi connectivity index (χ0) is 29.5. The summed E-state index contributed by atoms with van der Waals surface area (Å²) in [5, 5.41) is 2.97. The number of anilines is 1. The molecule has 0 saturated heterocycles. The van der Waals surface area contributed by atoms with Crippen LogP contribution in [0, 0.1) is 0 Å². The maximum Gasteiger partial charge on any atom is 0.340 e. The van der Waals surface area contributed by atoms with Crippen molar-refractivity contribution in [2.75, 3.05) is 5.32 Å². The minimum atomic E-state index is -0.707. The summed E-state index contributed by atoms with van der Waals surface area (Å²) in [6.45, 7) is 5.69. The largest absolute Gasteiger partial charge is 0.488 e. The topological polar surface area (TPSA) is 90.4 Å². The van der Waals surface area contributed by atoms with Crippen molar-refractivity contribution in [3.8, 4) is 28.0 Å². The van der Waals surface area contributed by atoms with Gasteiger partial charge in [0.2, 0.25) is 0 Å². The number of nitrogens with zero attached hydrogens (tertiary/aromatic N) is 2. The van der Waals surface area contributed by atoms with Gasteiger partial charge in [-0.05, 0) is 67.3 Å². The minimum Gasteiger partial charge on any atom is -0.488 e. The monoisotopic (exact) mass is 557 g/mol. The van der Waals surface area contributed by atoms with Gasteiger partial charge in [0.05, 0.1) is 16.8 Å². The fourth-order valence-corrected chi connectivity index (χ4v) is 4.35. The Hall–Kier alpha value is -5.30. The Morgan fingerprint density at radius 3 is 2.05 bits per heavy atom. The average molecular weight is 558 g/mol. The molecule has 0 bridgehead atoms. The molecule has 5 rings (SSSR count). The van der Waals surface area contributed by atoms with Gasteiger partial charge in [-0.1, -0.05) is 72.8 Å². The van der Waals surface area contributed by atoms with Gasteiger partial charge in [-0.15, -0.1) is 0 Å². The second-order valence-electron chi connectivity index (χ2n) is 10.7. The molecule has 210 valence electrons. The number of amides is 1. The second-order valence-corrected chi connectivity index (χ2v) is 10.7. The fraction of sp³-hybridized carbons (Fsp3) is 0.143. The summed E-state index contributed by atoms with van der Waals surface area (Å²) in [7, 11) is 0. The Morgan fingerprint density at radius 2 is 1.36 bits per heavy atom. The van der Waals surface area contributed by atoms with Crippen molar-refractivity contribution >= 4 is 17.6 Å². The van der Waals surface area contributed by atoms with Crippen LogP contribution in [0.25, 0.3) is 22.3 Å². The van der Waals surface area contributed by atoms with Crippen LogP contribution in [0.1, 0.15) is 47.1 Å². The summed E-state index contributed by atoms with van der Waals surface area (Å²) in [5.74, 6) is -0.574. The standard InChI is InChI=1S/C35H31N3O4/c1-35(2,3)42-34(40)29-16-14-27(25-12-8-5-9-13-25)19-31(29)38-33(39)30-18-26(28-20-36-23-37-21-28)15-17-32(30)41-22-24-10-6-4-7-11-24/h4-21,23H,22H2,1-3H3,(H,38,39). The number of carbonyl (C=O) groups excluding carboxylic acids is 2. The highest BCUT2D eigenvalue weighted by molar-refractivity contribution is 6.10. The van der Waals surface area contributed by atoms with E-state index in [1.54, 1.807) is 57.4 Å². The number of rotatable bonds is 8. The third-order valence-corrected chi connectivity index (χ3v) is 6.35. The molecule has 0 aliphatic carbocycles. The van der Waals surface area contributed by atoms with Crippen molar-refractivity contribution in [2.24, 2.45) is 0 Å². The number of ether oxygens (including phenoxy) is 2. The van der Waals surface area contributed by atoms with Gasteiger partial charge in [-0.25, -0.2) is 14.8 Å². The quantitative estimate of drug-likeness (QED) is 0.198. The summed E-state index contributed by atoms with van der Waals surface area (Å²) >= 11 is 0. The first-order chi connectivity index (χ1) is 20.3. The van der Waals surface area contributed by atoms with Crippen molar-refractivity contribution in [3.63, 3.8) is 0 Å². The summed E-state index contributed by atoms with van der Waals surface area (Å²) in [6.07, 6.45) is 4.81. The molecule has 7 heteroatoms. The summed E-state index contributed by atoms with van der Waals surface area (Å²) < 4.78 is 11.8. The average Bonchev–Trinajstić information content (AvgIpc) is 3.00. The molecule has 0 aliphatic heterocycles. The molecule has 0 aliphatic rings. The van der Waals surface area contributed by atoms with E-state index in [2.05, 4.69) is 15.3 Å². The van der Waals surface area contributed by atoms with Crippen LogP contribution in [0.4, 0.5) is 5.69 Å². The molecule has 1 amide bonds. The predicted octanol–water partition coefficient (Wildman–Crippen LogP) is 7.60. The van der Waals surface area contributed by atoms with Crippen molar-refractivity contribution in [2.45, 2.75) is 33.0 Å². The van der Waals surface area contributed by atoms with Crippen LogP contribution in [-0.2, 0) is 11.3 Å². The van der Waals surface area contributed by atoms with Crippen molar-refractivity contribution in [1.29, 1.82) is 0 Å². The van der Waals surface area contributed by atoms with E-state index in [0.29, 0.717) is 17.0 Å². The Labute approximate surface area is 245 Å². The van der Waals surface area contributed by atoms with E-state index in [1.807, 2.05) is 72.8 Å². The number of hydrogen-bond acceptors (Lipinski definition) is 6. The van der Waals surface area contributed by atoms with E-state index in [4.69, 9.17) is 9.47 Å². The van der Waals surface area contributed by atoms with Gasteiger partial charge in [0.15, 0.2) is 0 Å². The van der Waals surface area contributed by atoms with Crippen LogP contribution < -0.4 is 10.1 Å². The van der Waals surface area contributed by atoms with Crippen molar-refractivity contribution in [3.05, 3.63) is 132 Å². The summed E-state index contributed by atoms with van der Waals surface area (Å²) in [6, 6.07) is 30.1. The number of esters is 1. The highest BCUT2D eigenvalue weighted by atomic mass is 16.6. The number of nitrogens with one attached hydrogen (secondary N) is 1. The molecule has 0 radical (unpaired) electrons. The van der Waals surface area contributed by atoms with E-state index < -0.39 is 17.5 Å². The number of hydrogen-bond donors (Lipinski definition) is 1. The normalized spacial score (nSPS) is 11.0. The van der Waals surface area contributed by atoms with Crippen LogP contribution in [0.5, 0.6) is 5.75 Å². The zero-order valence-corrected chi connectivity index (χ0v) is 23.7. The van der Waals surface area contributed by atoms with Gasteiger partial charge in [-0.3, -0.25) is 4.79 Å². The highest BCUT2D eigenvalue weighted by Gasteiger charge is 2.23. The fourth-order valence-electron chi connectivity index (χ4n) is 4.35. The maximum absolute atomic E-state index is 14.0. The molecule has 4 aromatic carbocycles. The minimum absolute atomic E-state index is 0.248. The van der Waals surface area contributed by atoms with Crippen LogP contribution in [0.2, 0.25) is 0 Å². The van der Waals surface area contributed by atoms with Crippen LogP contribution in [0.3, 0.4) is 0 Å². The van der Waals surface area contributed by atoms with Crippen LogP contribution in [-0.4, -0.2) is 27.4 Å². The molecule has 0 fully saturated rings. The Bertz CT molecular complexity index is 1680. The van der Waals surface area contributed by atoms with Gasteiger partial charge in [0.25, 0.3) is 5.91 Å². The number of benzene rings is 4. The molecule has 42 heavy (non-hydrogen) atoms. The number of aromatic nitrogens is 2. The van der Waals surface area contributed by atoms with E-state index in [-0.39, 0.29) is 12.2 Å². The molecule has 0 unspecified atom stereocenters. The lowest BCUT2D eigenvalue weighted by molar-refractivity contribution is 0.00707. The van der Waals surface area contributed by atoms with Gasteiger partial charge >= 0.3 is 5.97 Å². The molecular formula is C35H31N3O4. The first kappa shape index (κ1) is 28.2. The molecule has 1 N–H and O–H groups in total. The highest BCUT2D eigenvalue weighted by Crippen LogP contribution is 2.31. The predicted molar refractivity (Wildman–Crippen MR) is 163 cm³/mol. The molecule has 0 atom stereocenters. The smallest absolute Gasteiger partial charge is 0.340 e. The molecule has 1 aromatic heterocycles. The second kappa shape index (κ2) is 12.5. The molecule has 5 aromatic rings. The Morgan fingerprint density at radius 1 is 0.714 bits per heavy atom. The lowest BCUT2D eigenvalue weighted by Gasteiger charge is -2.21. The third-order valence-electron chi connectivity index (χ3n) is 6.35. The van der Waals surface area contributed by atoms with Crippen molar-refractivity contribution < 1.29 is 19.1 Å². The summed E-state index contributed by atoms with van der Waals surface area (Å²) in [5.41, 5.74) is 4.42. The van der Waals surface area contributed by atoms with Crippen LogP contribution >= 0.6 is 0 Å². The lowest BCUT2D eigenvalue weighted by atomic mass is 10.0. The van der Waals surface area contributed by atoms with Crippen molar-refractivity contribution in [1.82, 2.24) is 9.97 Å². The summed E-state index contributed by atoms with van der Waals surface area (Å²) in [4.78, 5) is 35.4. The molecule has 1 heterocycles. The Balaban J connectivity index is 1.53. The van der Waals surface area contributed by atoms with E-state index in [1.165, 1.54) is 6.33 Å². The molecule has 0 spiro atoms. The SMILES string of the molecule is CC(C)(C)OC(=O)c1ccc(-c2ccccc2)cc1NC(=O)c1cc(-c2cncnc2)ccc1OCc1ccccc1. The first-order valence-corrected chi connectivity index (χ1v) is 13.6. The van der Waals surface area contributed by atoms with E-state index in [0.717, 1.165) is 27.8 Å². The van der Waals surface area contributed by atoms with Gasteiger partial charge in [-0.2, -0.15) is 0 Å². The Kier molecular flexibility index (Phi) is 8.39. The van der Waals surface area contributed by atoms with Gasteiger partial charge < -0.3 is 14.8 Å². The third kappa shape index (κ3) is 7.06. The molecule has 0 saturated carbocycles.